The number of aliphatic hydroxyl groups excluding tert-OH is 4. The van der Waals surface area contributed by atoms with Gasteiger partial charge in [0.2, 0.25) is 0 Å². The number of anilines is 1. The lowest BCUT2D eigenvalue weighted by Gasteiger charge is -2.17. The van der Waals surface area contributed by atoms with Crippen LogP contribution in [0.5, 0.6) is 0 Å². The zero-order valence-electron chi connectivity index (χ0n) is 12.4. The SMILES string of the molecule is NC(=O)c1cn([C@@H]2O[C@H](CO)[C@@H](O)[C@H]2O)c2nc(CO)nc(N)c12. The second kappa shape index (κ2) is 5.96. The van der Waals surface area contributed by atoms with E-state index in [0.29, 0.717) is 0 Å². The van der Waals surface area contributed by atoms with Gasteiger partial charge < -0.3 is 41.2 Å². The smallest absolute Gasteiger partial charge is 0.251 e. The molecule has 3 heterocycles. The van der Waals surface area contributed by atoms with Crippen LogP contribution >= 0.6 is 0 Å². The molecule has 0 radical (unpaired) electrons. The summed E-state index contributed by atoms with van der Waals surface area (Å²) >= 11 is 0. The number of nitrogens with zero attached hydrogens (tertiary/aromatic N) is 3. The maximum absolute atomic E-state index is 11.7. The normalized spacial score (nSPS) is 27.0. The van der Waals surface area contributed by atoms with Crippen LogP contribution in [-0.2, 0) is 11.3 Å². The molecule has 0 saturated carbocycles. The van der Waals surface area contributed by atoms with Gasteiger partial charge in [0.25, 0.3) is 5.91 Å². The molecule has 0 aliphatic carbocycles. The van der Waals surface area contributed by atoms with Gasteiger partial charge in [-0.25, -0.2) is 9.97 Å². The molecule has 1 aliphatic rings. The molecule has 4 atom stereocenters. The first-order valence-corrected chi connectivity index (χ1v) is 7.09. The summed E-state index contributed by atoms with van der Waals surface area (Å²) in [5.74, 6) is -0.858. The fourth-order valence-electron chi connectivity index (χ4n) is 2.78. The maximum atomic E-state index is 11.7. The minimum Gasteiger partial charge on any atom is -0.394 e. The molecule has 130 valence electrons. The number of nitrogens with two attached hydrogens (primary N) is 2. The summed E-state index contributed by atoms with van der Waals surface area (Å²) < 4.78 is 6.71. The molecule has 1 fully saturated rings. The number of nitrogen functional groups attached to an aromatic ring is 1. The second-order valence-electron chi connectivity index (χ2n) is 5.42. The van der Waals surface area contributed by atoms with Crippen LogP contribution in [0.2, 0.25) is 0 Å². The molecule has 0 unspecified atom stereocenters. The number of aliphatic hydroxyl groups is 4. The fourth-order valence-corrected chi connectivity index (χ4v) is 2.78. The number of primary amides is 1. The second-order valence-corrected chi connectivity index (χ2v) is 5.42. The van der Waals surface area contributed by atoms with Gasteiger partial charge in [-0.1, -0.05) is 0 Å². The highest BCUT2D eigenvalue weighted by Gasteiger charge is 2.44. The van der Waals surface area contributed by atoms with E-state index in [2.05, 4.69) is 9.97 Å². The molecule has 0 bridgehead atoms. The number of carbonyl (C=O) groups is 1. The van der Waals surface area contributed by atoms with Crippen molar-refractivity contribution in [2.24, 2.45) is 5.73 Å². The Morgan fingerprint density at radius 2 is 2.00 bits per heavy atom. The van der Waals surface area contributed by atoms with Crippen LogP contribution in [0.4, 0.5) is 5.82 Å². The van der Waals surface area contributed by atoms with Crippen molar-refractivity contribution in [3.05, 3.63) is 17.6 Å². The number of carbonyl (C=O) groups excluding carboxylic acids is 1. The molecule has 1 aliphatic heterocycles. The summed E-state index contributed by atoms with van der Waals surface area (Å²) in [5, 5.41) is 38.6. The van der Waals surface area contributed by atoms with Gasteiger partial charge in [0.05, 0.1) is 17.6 Å². The molecule has 2 aromatic heterocycles. The molecular weight excluding hydrogens is 322 g/mol. The van der Waals surface area contributed by atoms with E-state index in [9.17, 15) is 25.2 Å². The highest BCUT2D eigenvalue weighted by Crippen LogP contribution is 2.34. The summed E-state index contributed by atoms with van der Waals surface area (Å²) in [6.07, 6.45) is -3.57. The Hall–Kier alpha value is -2.31. The number of fused-ring (bicyclic) bond motifs is 1. The van der Waals surface area contributed by atoms with E-state index in [4.69, 9.17) is 16.2 Å². The Morgan fingerprint density at radius 1 is 1.29 bits per heavy atom. The highest BCUT2D eigenvalue weighted by atomic mass is 16.6. The number of hydrogen-bond acceptors (Lipinski definition) is 9. The zero-order valence-corrected chi connectivity index (χ0v) is 12.4. The lowest BCUT2D eigenvalue weighted by molar-refractivity contribution is -0.0509. The first-order chi connectivity index (χ1) is 11.4. The van der Waals surface area contributed by atoms with Crippen LogP contribution in [0.25, 0.3) is 11.0 Å². The average Bonchev–Trinajstić information content (AvgIpc) is 3.07. The molecule has 8 N–H and O–H groups in total. The van der Waals surface area contributed by atoms with Crippen LogP contribution in [0.3, 0.4) is 0 Å². The minimum atomic E-state index is -1.38. The van der Waals surface area contributed by atoms with E-state index in [1.165, 1.54) is 10.8 Å². The van der Waals surface area contributed by atoms with Gasteiger partial charge in [-0.3, -0.25) is 4.79 Å². The Kier molecular flexibility index (Phi) is 4.11. The Balaban J connectivity index is 2.21. The average molecular weight is 339 g/mol. The first-order valence-electron chi connectivity index (χ1n) is 7.09. The summed E-state index contributed by atoms with van der Waals surface area (Å²) in [6.45, 7) is -0.997. The van der Waals surface area contributed by atoms with Crippen LogP contribution in [-0.4, -0.2) is 65.8 Å². The molecule has 1 saturated heterocycles. The van der Waals surface area contributed by atoms with E-state index >= 15 is 0 Å². The molecular formula is C13H17N5O6. The highest BCUT2D eigenvalue weighted by molar-refractivity contribution is 6.08. The third-order valence-corrected chi connectivity index (χ3v) is 3.94. The van der Waals surface area contributed by atoms with Crippen molar-refractivity contribution < 1.29 is 30.0 Å². The topological polar surface area (TPSA) is 190 Å². The summed E-state index contributed by atoms with van der Waals surface area (Å²) in [7, 11) is 0. The summed E-state index contributed by atoms with van der Waals surface area (Å²) in [5.41, 5.74) is 11.3. The van der Waals surface area contributed by atoms with E-state index in [1.54, 1.807) is 0 Å². The summed E-state index contributed by atoms with van der Waals surface area (Å²) in [4.78, 5) is 19.6. The molecule has 1 amide bonds. The number of aromatic nitrogens is 3. The molecule has 11 nitrogen and oxygen atoms in total. The maximum Gasteiger partial charge on any atom is 0.251 e. The Bertz CT molecular complexity index is 793. The molecule has 0 aromatic carbocycles. The van der Waals surface area contributed by atoms with Crippen molar-refractivity contribution in [3.63, 3.8) is 0 Å². The predicted octanol–water partition coefficient (Wildman–Crippen LogP) is -2.78. The van der Waals surface area contributed by atoms with E-state index in [-0.39, 0.29) is 28.2 Å². The Labute approximate surface area is 135 Å². The monoisotopic (exact) mass is 339 g/mol. The molecule has 2 aromatic rings. The Morgan fingerprint density at radius 3 is 2.54 bits per heavy atom. The van der Waals surface area contributed by atoms with Gasteiger partial charge in [-0.15, -0.1) is 0 Å². The standard InChI is InChI=1S/C13H17N5O6/c14-10-7-4(11(15)23)1-18(12(7)17-6(3-20)16-10)13-9(22)8(21)5(2-19)24-13/h1,5,8-9,13,19-22H,2-3H2,(H2,15,23)(H2,14,16,17)/t5-,8-,9-,13-/m1/s1. The molecule has 11 heteroatoms. The van der Waals surface area contributed by atoms with Crippen molar-refractivity contribution in [1.82, 2.24) is 14.5 Å². The van der Waals surface area contributed by atoms with Crippen LogP contribution in [0.15, 0.2) is 6.20 Å². The number of ether oxygens (including phenoxy) is 1. The van der Waals surface area contributed by atoms with Crippen molar-refractivity contribution >= 4 is 22.8 Å². The first kappa shape index (κ1) is 16.5. The van der Waals surface area contributed by atoms with Gasteiger partial charge in [-0.2, -0.15) is 0 Å². The summed E-state index contributed by atoms with van der Waals surface area (Å²) in [6, 6.07) is 0. The third-order valence-electron chi connectivity index (χ3n) is 3.94. The fraction of sp³-hybridized carbons (Fsp3) is 0.462. The van der Waals surface area contributed by atoms with E-state index < -0.39 is 43.7 Å². The van der Waals surface area contributed by atoms with Gasteiger partial charge in [0.15, 0.2) is 12.1 Å². The van der Waals surface area contributed by atoms with Crippen molar-refractivity contribution in [3.8, 4) is 0 Å². The zero-order chi connectivity index (χ0) is 17.6. The predicted molar refractivity (Wildman–Crippen MR) is 79.4 cm³/mol. The van der Waals surface area contributed by atoms with E-state index in [1.807, 2.05) is 0 Å². The van der Waals surface area contributed by atoms with Gasteiger partial charge in [0, 0.05) is 6.20 Å². The van der Waals surface area contributed by atoms with Crippen LogP contribution in [0.1, 0.15) is 22.4 Å². The van der Waals surface area contributed by atoms with Crippen molar-refractivity contribution in [2.45, 2.75) is 31.1 Å². The number of amides is 1. The van der Waals surface area contributed by atoms with Crippen LogP contribution < -0.4 is 11.5 Å². The van der Waals surface area contributed by atoms with Gasteiger partial charge in [0.1, 0.15) is 36.4 Å². The lowest BCUT2D eigenvalue weighted by atomic mass is 10.1. The number of hydrogen-bond donors (Lipinski definition) is 6. The number of rotatable bonds is 4. The third kappa shape index (κ3) is 2.39. The quantitative estimate of drug-likeness (QED) is 0.342. The largest absolute Gasteiger partial charge is 0.394 e. The van der Waals surface area contributed by atoms with Gasteiger partial charge >= 0.3 is 0 Å². The van der Waals surface area contributed by atoms with Gasteiger partial charge in [-0.05, 0) is 0 Å². The van der Waals surface area contributed by atoms with Crippen molar-refractivity contribution in [1.29, 1.82) is 0 Å². The lowest BCUT2D eigenvalue weighted by Crippen LogP contribution is -2.33. The molecule has 3 rings (SSSR count). The van der Waals surface area contributed by atoms with Crippen LogP contribution in [0, 0.1) is 0 Å². The molecule has 24 heavy (non-hydrogen) atoms. The molecule has 0 spiro atoms. The van der Waals surface area contributed by atoms with Crippen molar-refractivity contribution in [2.75, 3.05) is 12.3 Å². The minimum absolute atomic E-state index is 0.00196. The van der Waals surface area contributed by atoms with E-state index in [0.717, 1.165) is 0 Å².